The molecule has 1 aliphatic rings. The van der Waals surface area contributed by atoms with Crippen LogP contribution in [0.5, 0.6) is 11.5 Å². The number of para-hydroxylation sites is 2. The predicted molar refractivity (Wildman–Crippen MR) is 123 cm³/mol. The molecule has 152 valence electrons. The van der Waals surface area contributed by atoms with E-state index < -0.39 is 6.55 Å². The van der Waals surface area contributed by atoms with E-state index in [1.807, 2.05) is 109 Å². The van der Waals surface area contributed by atoms with Crippen molar-refractivity contribution in [3.05, 3.63) is 120 Å². The molecule has 1 heterocycles. The van der Waals surface area contributed by atoms with Gasteiger partial charge in [-0.2, -0.15) is 0 Å². The van der Waals surface area contributed by atoms with Gasteiger partial charge in [0.25, 0.3) is 0 Å². The molecule has 4 nitrogen and oxygen atoms in total. The van der Waals surface area contributed by atoms with Crippen LogP contribution in [0.3, 0.4) is 0 Å². The van der Waals surface area contributed by atoms with Crippen LogP contribution in [0.4, 0.5) is 0 Å². The first kappa shape index (κ1) is 19.0. The van der Waals surface area contributed by atoms with Crippen molar-refractivity contribution >= 4 is 23.7 Å². The fourth-order valence-corrected chi connectivity index (χ4v) is 4.03. The largest absolute Gasteiger partial charge is 0.672 e. The second-order valence-electron chi connectivity index (χ2n) is 7.63. The van der Waals surface area contributed by atoms with Crippen molar-refractivity contribution in [2.45, 2.75) is 6.54 Å². The zero-order valence-electron chi connectivity index (χ0n) is 17.0. The van der Waals surface area contributed by atoms with Gasteiger partial charge in [-0.05, 0) is 24.3 Å². The molecule has 1 aliphatic heterocycles. The molecule has 0 atom stereocenters. The summed E-state index contributed by atoms with van der Waals surface area (Å²) >= 11 is 0. The van der Waals surface area contributed by atoms with E-state index in [4.69, 9.17) is 9.41 Å². The van der Waals surface area contributed by atoms with Gasteiger partial charge in [0.1, 0.15) is 5.75 Å². The highest BCUT2D eigenvalue weighted by Crippen LogP contribution is 2.26. The molecule has 4 aromatic carbocycles. The highest BCUT2D eigenvalue weighted by atomic mass is 16.7. The molecule has 0 saturated carbocycles. The number of rotatable bonds is 4. The normalized spacial score (nSPS) is 14.4. The van der Waals surface area contributed by atoms with Gasteiger partial charge in [-0.25, -0.2) is 0 Å². The van der Waals surface area contributed by atoms with Crippen molar-refractivity contribution in [3.8, 4) is 11.5 Å². The molecule has 0 bridgehead atoms. The summed E-state index contributed by atoms with van der Waals surface area (Å²) in [7, 11) is 0. The Kier molecular flexibility index (Phi) is 4.93. The van der Waals surface area contributed by atoms with Crippen molar-refractivity contribution in [1.29, 1.82) is 0 Å². The van der Waals surface area contributed by atoms with Gasteiger partial charge in [-0.3, -0.25) is 0 Å². The summed E-state index contributed by atoms with van der Waals surface area (Å²) in [4.78, 5) is 0. The smallest absolute Gasteiger partial charge is 0.468 e. The van der Waals surface area contributed by atoms with Crippen molar-refractivity contribution < 1.29 is 19.3 Å². The number of fused-ring (bicyclic) bond motifs is 1. The topological polar surface area (TPSA) is 41.7 Å². The number of aromatic hydroxyl groups is 1. The van der Waals surface area contributed by atoms with Crippen LogP contribution in [0.25, 0.3) is 0 Å². The summed E-state index contributed by atoms with van der Waals surface area (Å²) < 4.78 is 15.2. The third kappa shape index (κ3) is 3.66. The van der Waals surface area contributed by atoms with Gasteiger partial charge in [0.2, 0.25) is 12.8 Å². The summed E-state index contributed by atoms with van der Waals surface area (Å²) in [6, 6.07) is 35.2. The van der Waals surface area contributed by atoms with E-state index in [1.165, 1.54) is 0 Å². The quantitative estimate of drug-likeness (QED) is 0.415. The van der Waals surface area contributed by atoms with E-state index >= 15 is 0 Å². The van der Waals surface area contributed by atoms with Gasteiger partial charge < -0.3 is 14.5 Å². The van der Waals surface area contributed by atoms with E-state index in [1.54, 1.807) is 10.8 Å². The first-order chi connectivity index (χ1) is 15.2. The first-order valence-corrected chi connectivity index (χ1v) is 10.4. The van der Waals surface area contributed by atoms with E-state index in [9.17, 15) is 5.11 Å². The first-order valence-electron chi connectivity index (χ1n) is 10.4. The average Bonchev–Trinajstić information content (AvgIpc) is 2.99. The van der Waals surface area contributed by atoms with Crippen LogP contribution in [-0.4, -0.2) is 22.6 Å². The van der Waals surface area contributed by atoms with Crippen molar-refractivity contribution in [2.75, 3.05) is 0 Å². The Balaban J connectivity index is 1.70. The van der Waals surface area contributed by atoms with Crippen LogP contribution in [0.1, 0.15) is 11.1 Å². The molecule has 4 aromatic rings. The minimum Gasteiger partial charge on any atom is -0.672 e. The molecular weight excluding hydrogens is 385 g/mol. The van der Waals surface area contributed by atoms with Gasteiger partial charge in [0.15, 0.2) is 0 Å². The molecule has 0 fully saturated rings. The molecule has 0 spiro atoms. The zero-order valence-corrected chi connectivity index (χ0v) is 17.0. The monoisotopic (exact) mass is 407 g/mol. The molecule has 5 rings (SSSR count). The number of phenolic OH excluding ortho intramolecular Hbond substituents is 1. The van der Waals surface area contributed by atoms with Crippen LogP contribution < -0.4 is 15.6 Å². The van der Waals surface area contributed by atoms with Crippen LogP contribution in [-0.2, 0) is 11.3 Å². The molecule has 0 radical (unpaired) electrons. The Morgan fingerprint density at radius 3 is 1.94 bits per heavy atom. The molecule has 0 amide bonds. The highest BCUT2D eigenvalue weighted by Gasteiger charge is 2.42. The minimum absolute atomic E-state index is 0.232. The third-order valence-corrected chi connectivity index (χ3v) is 5.57. The van der Waals surface area contributed by atoms with E-state index in [2.05, 4.69) is 0 Å². The Bertz CT molecular complexity index is 1190. The summed E-state index contributed by atoms with van der Waals surface area (Å²) in [6.07, 6.45) is 1.93. The molecule has 1 N–H and O–H groups in total. The molecular formula is C26H22BNO3. The molecule has 5 heteroatoms. The lowest BCUT2D eigenvalue weighted by Crippen LogP contribution is -2.66. The van der Waals surface area contributed by atoms with Crippen LogP contribution >= 0.6 is 0 Å². The maximum absolute atomic E-state index is 10.3. The second-order valence-corrected chi connectivity index (χ2v) is 7.63. The molecule has 0 aliphatic carbocycles. The van der Waals surface area contributed by atoms with Gasteiger partial charge in [0, 0.05) is 0 Å². The van der Waals surface area contributed by atoms with Gasteiger partial charge in [-0.1, -0.05) is 89.7 Å². The summed E-state index contributed by atoms with van der Waals surface area (Å²) in [6.45, 7) is -1.71. The standard InChI is InChI=1S/C26H22BNO3/c29-25-17-9-7-11-21(25)19-28-20-22-12-8-10-18-26(22)30-27(31-28,23-13-3-1-4-14-23)24-15-5-2-6-16-24/h1-18,20,29H,19H2. The summed E-state index contributed by atoms with van der Waals surface area (Å²) in [5, 5.41) is 10.3. The lowest BCUT2D eigenvalue weighted by atomic mass is 9.46. The summed E-state index contributed by atoms with van der Waals surface area (Å²) in [5.41, 5.74) is 3.54. The highest BCUT2D eigenvalue weighted by molar-refractivity contribution is 6.93. The van der Waals surface area contributed by atoms with Gasteiger partial charge in [-0.15, -0.1) is 10.9 Å². The van der Waals surface area contributed by atoms with Crippen molar-refractivity contribution in [3.63, 3.8) is 0 Å². The Labute approximate surface area is 181 Å². The Morgan fingerprint density at radius 1 is 0.677 bits per heavy atom. The Hall–Kier alpha value is -3.99. The van der Waals surface area contributed by atoms with Gasteiger partial charge >= 0.3 is 6.55 Å². The predicted octanol–water partition coefficient (Wildman–Crippen LogP) is 3.60. The number of phenols is 1. The third-order valence-electron chi connectivity index (χ3n) is 5.57. The second kappa shape index (κ2) is 8.03. The molecule has 0 unspecified atom stereocenters. The van der Waals surface area contributed by atoms with E-state index in [0.29, 0.717) is 6.54 Å². The lowest BCUT2D eigenvalue weighted by molar-refractivity contribution is -0.763. The number of nitrogens with zero attached hydrogens (tertiary/aromatic N) is 1. The maximum atomic E-state index is 10.3. The molecule has 0 saturated heterocycles. The lowest BCUT2D eigenvalue weighted by Gasteiger charge is -2.38. The van der Waals surface area contributed by atoms with Gasteiger partial charge in [0.05, 0.1) is 16.9 Å². The molecule has 31 heavy (non-hydrogen) atoms. The van der Waals surface area contributed by atoms with Crippen molar-refractivity contribution in [2.24, 2.45) is 0 Å². The minimum atomic E-state index is -2.08. The number of hydrogen-bond donors (Lipinski definition) is 1. The summed E-state index contributed by atoms with van der Waals surface area (Å²) in [5.74, 6) is 0.977. The fourth-order valence-electron chi connectivity index (χ4n) is 4.03. The number of benzene rings is 4. The number of hydrogen-bond acceptors (Lipinski definition) is 3. The maximum Gasteiger partial charge on any atom is 0.468 e. The van der Waals surface area contributed by atoms with Crippen LogP contribution in [0, 0.1) is 0 Å². The van der Waals surface area contributed by atoms with Crippen LogP contribution in [0.15, 0.2) is 109 Å². The van der Waals surface area contributed by atoms with Crippen molar-refractivity contribution in [1.82, 2.24) is 0 Å². The number of hydroxylamine groups is 1. The SMILES string of the molecule is Oc1ccccc1C[N+]1=Cc2ccccc2O[B-](c2ccccc2)(c2ccccc2)O1. The fraction of sp³-hybridized carbons (Fsp3) is 0.0385. The van der Waals surface area contributed by atoms with Crippen LogP contribution in [0.2, 0.25) is 0 Å². The van der Waals surface area contributed by atoms with E-state index in [0.717, 1.165) is 27.8 Å². The zero-order chi connectivity index (χ0) is 21.1. The van der Waals surface area contributed by atoms with E-state index in [-0.39, 0.29) is 5.75 Å². The average molecular weight is 407 g/mol. The molecule has 0 aromatic heterocycles. The Morgan fingerprint density at radius 2 is 1.26 bits per heavy atom.